The molecule has 0 saturated carbocycles. The van der Waals surface area contributed by atoms with Crippen LogP contribution in [0.4, 0.5) is 11.6 Å². The van der Waals surface area contributed by atoms with Gasteiger partial charge in [-0.05, 0) is 22.6 Å². The summed E-state index contributed by atoms with van der Waals surface area (Å²) in [6, 6.07) is 0. The number of hydrogen-bond acceptors (Lipinski definition) is 5. The predicted molar refractivity (Wildman–Crippen MR) is 65.9 cm³/mol. The smallest absolute Gasteiger partial charge is 0.364 e. The molecule has 1 aromatic heterocycles. The molecule has 0 radical (unpaired) electrons. The summed E-state index contributed by atoms with van der Waals surface area (Å²) in [6.45, 7) is 2.84. The quantitative estimate of drug-likeness (QED) is 0.611. The largest absolute Gasteiger partial charge is 0.406 e. The average molecular weight is 244 g/mol. The van der Waals surface area contributed by atoms with Crippen molar-refractivity contribution in [2.45, 2.75) is 18.6 Å². The SMILES string of the molecule is CSC(C)CCNc1c([N+](=O)[O-])ncn1C. The van der Waals surface area contributed by atoms with Crippen LogP contribution >= 0.6 is 11.8 Å². The Morgan fingerprint density at radius 3 is 3.00 bits per heavy atom. The van der Waals surface area contributed by atoms with Gasteiger partial charge in [0.25, 0.3) is 0 Å². The molecule has 1 heterocycles. The van der Waals surface area contributed by atoms with Crippen molar-refractivity contribution in [1.82, 2.24) is 9.55 Å². The molecule has 0 aliphatic heterocycles. The molecule has 1 atom stereocenters. The molecule has 0 amide bonds. The summed E-state index contributed by atoms with van der Waals surface area (Å²) in [6.07, 6.45) is 4.46. The highest BCUT2D eigenvalue weighted by Crippen LogP contribution is 2.21. The Bertz CT molecular complexity index is 366. The Morgan fingerprint density at radius 2 is 2.44 bits per heavy atom. The molecule has 7 heteroatoms. The van der Waals surface area contributed by atoms with Crippen molar-refractivity contribution >= 4 is 23.4 Å². The van der Waals surface area contributed by atoms with Crippen molar-refractivity contribution in [1.29, 1.82) is 0 Å². The molecule has 1 N–H and O–H groups in total. The third-order valence-electron chi connectivity index (χ3n) is 2.34. The van der Waals surface area contributed by atoms with Gasteiger partial charge in [-0.15, -0.1) is 0 Å². The van der Waals surface area contributed by atoms with E-state index in [1.807, 2.05) is 0 Å². The van der Waals surface area contributed by atoms with Crippen LogP contribution in [0.1, 0.15) is 13.3 Å². The topological polar surface area (TPSA) is 73.0 Å². The third kappa shape index (κ3) is 3.13. The molecule has 1 aromatic rings. The van der Waals surface area contributed by atoms with E-state index in [9.17, 15) is 10.1 Å². The molecular formula is C9H16N4O2S. The molecule has 6 nitrogen and oxygen atoms in total. The minimum Gasteiger partial charge on any atom is -0.364 e. The zero-order valence-electron chi connectivity index (χ0n) is 9.64. The number of hydrogen-bond donors (Lipinski definition) is 1. The second-order valence-corrected chi connectivity index (χ2v) is 4.82. The van der Waals surface area contributed by atoms with E-state index >= 15 is 0 Å². The number of anilines is 1. The number of nitro groups is 1. The van der Waals surface area contributed by atoms with Crippen LogP contribution in [0, 0.1) is 10.1 Å². The number of imidazole rings is 1. The Kier molecular flexibility index (Phi) is 4.60. The van der Waals surface area contributed by atoms with Crippen molar-refractivity contribution in [3.05, 3.63) is 16.4 Å². The molecule has 0 saturated heterocycles. The van der Waals surface area contributed by atoms with Gasteiger partial charge in [0.15, 0.2) is 0 Å². The molecule has 90 valence electrons. The van der Waals surface area contributed by atoms with Crippen molar-refractivity contribution in [3.63, 3.8) is 0 Å². The number of aromatic nitrogens is 2. The minimum absolute atomic E-state index is 0.112. The van der Waals surface area contributed by atoms with Crippen LogP contribution in [0.3, 0.4) is 0 Å². The Balaban J connectivity index is 2.59. The lowest BCUT2D eigenvalue weighted by Crippen LogP contribution is -2.11. The van der Waals surface area contributed by atoms with Gasteiger partial charge in [-0.3, -0.25) is 4.57 Å². The zero-order valence-corrected chi connectivity index (χ0v) is 10.5. The Labute approximate surface area is 98.6 Å². The summed E-state index contributed by atoms with van der Waals surface area (Å²) in [7, 11) is 1.74. The van der Waals surface area contributed by atoms with E-state index in [1.54, 1.807) is 23.4 Å². The summed E-state index contributed by atoms with van der Waals surface area (Å²) < 4.78 is 1.63. The fraction of sp³-hybridized carbons (Fsp3) is 0.667. The van der Waals surface area contributed by atoms with Crippen molar-refractivity contribution in [2.75, 3.05) is 18.1 Å². The molecule has 0 aromatic carbocycles. The molecule has 1 rings (SSSR count). The first-order valence-corrected chi connectivity index (χ1v) is 6.27. The third-order valence-corrected chi connectivity index (χ3v) is 3.38. The van der Waals surface area contributed by atoms with Crippen LogP contribution in [0.15, 0.2) is 6.33 Å². The maximum atomic E-state index is 10.7. The lowest BCUT2D eigenvalue weighted by Gasteiger charge is -2.09. The van der Waals surface area contributed by atoms with E-state index in [-0.39, 0.29) is 5.82 Å². The Hall–Kier alpha value is -1.24. The molecule has 0 spiro atoms. The number of nitrogens with one attached hydrogen (secondary N) is 1. The fourth-order valence-corrected chi connectivity index (χ4v) is 1.62. The first-order valence-electron chi connectivity index (χ1n) is 4.98. The number of rotatable bonds is 6. The van der Waals surface area contributed by atoms with Crippen LogP contribution in [0.2, 0.25) is 0 Å². The highest BCUT2D eigenvalue weighted by molar-refractivity contribution is 7.99. The average Bonchev–Trinajstić information content (AvgIpc) is 2.60. The molecule has 0 aliphatic rings. The Morgan fingerprint density at radius 1 is 1.75 bits per heavy atom. The van der Waals surface area contributed by atoms with E-state index in [1.165, 1.54) is 6.33 Å². The monoisotopic (exact) mass is 244 g/mol. The van der Waals surface area contributed by atoms with Crippen LogP contribution < -0.4 is 5.32 Å². The van der Waals surface area contributed by atoms with Gasteiger partial charge in [0.05, 0.1) is 0 Å². The number of thioether (sulfide) groups is 1. The minimum atomic E-state index is -0.472. The van der Waals surface area contributed by atoms with Gasteiger partial charge >= 0.3 is 5.82 Å². The van der Waals surface area contributed by atoms with E-state index in [4.69, 9.17) is 0 Å². The summed E-state index contributed by atoms with van der Waals surface area (Å²) >= 11 is 1.78. The summed E-state index contributed by atoms with van der Waals surface area (Å²) in [4.78, 5) is 13.9. The van der Waals surface area contributed by atoms with Crippen molar-refractivity contribution in [3.8, 4) is 0 Å². The van der Waals surface area contributed by atoms with Crippen molar-refractivity contribution < 1.29 is 4.92 Å². The van der Waals surface area contributed by atoms with Crippen LogP contribution in [0.25, 0.3) is 0 Å². The van der Waals surface area contributed by atoms with Gasteiger partial charge in [-0.1, -0.05) is 6.92 Å². The summed E-state index contributed by atoms with van der Waals surface area (Å²) in [5.74, 6) is 0.359. The van der Waals surface area contributed by atoms with Gasteiger partial charge in [-0.25, -0.2) is 0 Å². The zero-order chi connectivity index (χ0) is 12.1. The van der Waals surface area contributed by atoms with Crippen LogP contribution in [0.5, 0.6) is 0 Å². The highest BCUT2D eigenvalue weighted by Gasteiger charge is 2.19. The molecule has 16 heavy (non-hydrogen) atoms. The lowest BCUT2D eigenvalue weighted by molar-refractivity contribution is -0.388. The van der Waals surface area contributed by atoms with Gasteiger partial charge in [0.2, 0.25) is 12.1 Å². The molecular weight excluding hydrogens is 228 g/mol. The normalized spacial score (nSPS) is 12.4. The molecule has 1 unspecified atom stereocenters. The molecule has 0 fully saturated rings. The van der Waals surface area contributed by atoms with Crippen LogP contribution in [-0.2, 0) is 7.05 Å². The highest BCUT2D eigenvalue weighted by atomic mass is 32.2. The summed E-state index contributed by atoms with van der Waals surface area (Å²) in [5, 5.41) is 14.3. The second-order valence-electron chi connectivity index (χ2n) is 3.55. The first kappa shape index (κ1) is 12.8. The van der Waals surface area contributed by atoms with Gasteiger partial charge < -0.3 is 15.4 Å². The van der Waals surface area contributed by atoms with Crippen LogP contribution in [-0.4, -0.2) is 32.5 Å². The van der Waals surface area contributed by atoms with E-state index in [0.717, 1.165) is 6.42 Å². The molecule has 0 aliphatic carbocycles. The lowest BCUT2D eigenvalue weighted by atomic mass is 10.3. The van der Waals surface area contributed by atoms with Gasteiger partial charge in [-0.2, -0.15) is 11.8 Å². The van der Waals surface area contributed by atoms with E-state index in [2.05, 4.69) is 23.5 Å². The maximum Gasteiger partial charge on any atom is 0.406 e. The van der Waals surface area contributed by atoms with Gasteiger partial charge in [0.1, 0.15) is 0 Å². The standard InChI is InChI=1S/C9H16N4O2S/c1-7(16-3)4-5-10-8-9(13(14)15)11-6-12(8)2/h6-7,10H,4-5H2,1-3H3. The maximum absolute atomic E-state index is 10.7. The second kappa shape index (κ2) is 5.74. The van der Waals surface area contributed by atoms with E-state index in [0.29, 0.717) is 17.6 Å². The van der Waals surface area contributed by atoms with Crippen molar-refractivity contribution in [2.24, 2.45) is 7.05 Å². The molecule has 0 bridgehead atoms. The first-order chi connectivity index (χ1) is 7.56. The predicted octanol–water partition coefficient (Wildman–Crippen LogP) is 1.88. The fourth-order valence-electron chi connectivity index (χ4n) is 1.27. The van der Waals surface area contributed by atoms with E-state index < -0.39 is 4.92 Å². The number of nitrogens with zero attached hydrogens (tertiary/aromatic N) is 3. The number of aryl methyl sites for hydroxylation is 1. The van der Waals surface area contributed by atoms with Gasteiger partial charge in [0, 0.05) is 18.8 Å². The summed E-state index contributed by atoms with van der Waals surface area (Å²) in [5.41, 5.74) is 0.